The van der Waals surface area contributed by atoms with Crippen molar-refractivity contribution < 1.29 is 5.11 Å². The summed E-state index contributed by atoms with van der Waals surface area (Å²) in [6.45, 7) is 1.80. The first-order valence-electron chi connectivity index (χ1n) is 4.71. The minimum atomic E-state index is 0.00617. The largest absolute Gasteiger partial charge is 0.494 e. The quantitative estimate of drug-likeness (QED) is 0.611. The topological polar surface area (TPSA) is 58.0 Å². The molecule has 0 atom stereocenters. The van der Waals surface area contributed by atoms with Crippen LogP contribution in [0.25, 0.3) is 0 Å². The lowest BCUT2D eigenvalue weighted by atomic mass is 10.3. The van der Waals surface area contributed by atoms with E-state index in [4.69, 9.17) is 11.6 Å². The second-order valence-corrected chi connectivity index (χ2v) is 3.69. The van der Waals surface area contributed by atoms with Gasteiger partial charge in [0, 0.05) is 11.3 Å². The van der Waals surface area contributed by atoms with Crippen molar-refractivity contribution in [1.82, 2.24) is 9.97 Å². The Bertz CT molecular complexity index is 472. The number of aryl methyl sites for hydroxylation is 1. The van der Waals surface area contributed by atoms with E-state index in [9.17, 15) is 5.11 Å². The lowest BCUT2D eigenvalue weighted by Crippen LogP contribution is -2.05. The van der Waals surface area contributed by atoms with Crippen LogP contribution in [-0.2, 0) is 0 Å². The van der Waals surface area contributed by atoms with Crippen molar-refractivity contribution >= 4 is 17.5 Å². The van der Waals surface area contributed by atoms with E-state index in [1.165, 1.54) is 0 Å². The summed E-state index contributed by atoms with van der Waals surface area (Å²) in [5, 5.41) is 12.8. The average molecular weight is 236 g/mol. The molecule has 1 heterocycles. The second-order valence-electron chi connectivity index (χ2n) is 3.30. The third-order valence-electron chi connectivity index (χ3n) is 1.99. The fourth-order valence-electron chi connectivity index (χ4n) is 1.30. The molecule has 0 aromatic carbocycles. The Hall–Kier alpha value is -1.81. The molecule has 1 aromatic heterocycles. The molecule has 0 radical (unpaired) electrons. The smallest absolute Gasteiger partial charge is 0.231 e. The average Bonchev–Trinajstić information content (AvgIpc) is 2.68. The number of anilines is 1. The van der Waals surface area contributed by atoms with Gasteiger partial charge in [0.2, 0.25) is 5.95 Å². The molecule has 82 valence electrons. The maximum absolute atomic E-state index is 9.73. The predicted molar refractivity (Wildman–Crippen MR) is 63.3 cm³/mol. The SMILES string of the molecule is Cc1cc(Cl)nc(NC(O)=C2C=CC=C2)n1. The van der Waals surface area contributed by atoms with E-state index in [2.05, 4.69) is 15.3 Å². The molecule has 5 heteroatoms. The van der Waals surface area contributed by atoms with Gasteiger partial charge in [-0.05, 0) is 25.1 Å². The molecule has 0 aliphatic heterocycles. The van der Waals surface area contributed by atoms with E-state index in [1.807, 2.05) is 12.2 Å². The van der Waals surface area contributed by atoms with Gasteiger partial charge in [-0.15, -0.1) is 0 Å². The van der Waals surface area contributed by atoms with Gasteiger partial charge in [0.15, 0.2) is 5.88 Å². The minimum absolute atomic E-state index is 0.00617. The number of allylic oxidation sites excluding steroid dienone is 5. The molecule has 0 unspecified atom stereocenters. The van der Waals surface area contributed by atoms with Crippen molar-refractivity contribution in [2.45, 2.75) is 6.92 Å². The van der Waals surface area contributed by atoms with Gasteiger partial charge in [-0.25, -0.2) is 9.97 Å². The molecule has 1 aromatic rings. The molecule has 1 aliphatic carbocycles. The van der Waals surface area contributed by atoms with Crippen molar-refractivity contribution in [2.75, 3.05) is 5.32 Å². The summed E-state index contributed by atoms with van der Waals surface area (Å²) in [5.74, 6) is 0.287. The Morgan fingerprint density at radius 1 is 1.31 bits per heavy atom. The molecule has 2 N–H and O–H groups in total. The number of aromatic nitrogens is 2. The van der Waals surface area contributed by atoms with Crippen LogP contribution in [0.1, 0.15) is 5.69 Å². The van der Waals surface area contributed by atoms with Gasteiger partial charge in [-0.3, -0.25) is 5.32 Å². The maximum Gasteiger partial charge on any atom is 0.231 e. The molecular formula is C11H10ClN3O. The van der Waals surface area contributed by atoms with Crippen LogP contribution >= 0.6 is 11.6 Å². The third kappa shape index (κ3) is 2.41. The summed E-state index contributed by atoms with van der Waals surface area (Å²) in [5.41, 5.74) is 1.42. The summed E-state index contributed by atoms with van der Waals surface area (Å²) in [4.78, 5) is 8.04. The Kier molecular flexibility index (Phi) is 2.92. The Labute approximate surface area is 98.0 Å². The first-order chi connectivity index (χ1) is 7.65. The van der Waals surface area contributed by atoms with Gasteiger partial charge in [-0.1, -0.05) is 23.8 Å². The monoisotopic (exact) mass is 235 g/mol. The molecule has 0 saturated heterocycles. The summed E-state index contributed by atoms with van der Waals surface area (Å²) >= 11 is 5.78. The first kappa shape index (κ1) is 10.7. The van der Waals surface area contributed by atoms with Crippen LogP contribution in [0.3, 0.4) is 0 Å². The molecule has 0 fully saturated rings. The van der Waals surface area contributed by atoms with E-state index in [0.717, 1.165) is 5.69 Å². The zero-order chi connectivity index (χ0) is 11.5. The molecule has 0 bridgehead atoms. The van der Waals surface area contributed by atoms with Gasteiger partial charge in [0.05, 0.1) is 0 Å². The number of nitrogens with one attached hydrogen (secondary N) is 1. The molecule has 4 nitrogen and oxygen atoms in total. The lowest BCUT2D eigenvalue weighted by Gasteiger charge is -2.05. The highest BCUT2D eigenvalue weighted by Crippen LogP contribution is 2.15. The Morgan fingerprint density at radius 2 is 2.00 bits per heavy atom. The molecule has 0 saturated carbocycles. The Morgan fingerprint density at radius 3 is 2.62 bits per heavy atom. The van der Waals surface area contributed by atoms with Crippen molar-refractivity contribution in [3.8, 4) is 0 Å². The van der Waals surface area contributed by atoms with Gasteiger partial charge in [0.1, 0.15) is 5.15 Å². The number of aliphatic hydroxyl groups is 1. The van der Waals surface area contributed by atoms with E-state index >= 15 is 0 Å². The predicted octanol–water partition coefficient (Wildman–Crippen LogP) is 2.75. The van der Waals surface area contributed by atoms with Gasteiger partial charge in [0.25, 0.3) is 0 Å². The third-order valence-corrected chi connectivity index (χ3v) is 2.18. The van der Waals surface area contributed by atoms with Crippen LogP contribution in [0.4, 0.5) is 5.95 Å². The fraction of sp³-hybridized carbons (Fsp3) is 0.0909. The van der Waals surface area contributed by atoms with Gasteiger partial charge in [-0.2, -0.15) is 0 Å². The molecule has 1 aliphatic rings. The van der Waals surface area contributed by atoms with Crippen LogP contribution in [-0.4, -0.2) is 15.1 Å². The lowest BCUT2D eigenvalue weighted by molar-refractivity contribution is 0.415. The van der Waals surface area contributed by atoms with E-state index in [-0.39, 0.29) is 11.8 Å². The van der Waals surface area contributed by atoms with E-state index < -0.39 is 0 Å². The minimum Gasteiger partial charge on any atom is -0.494 e. The van der Waals surface area contributed by atoms with Crippen molar-refractivity contribution in [3.05, 3.63) is 52.7 Å². The normalized spacial score (nSPS) is 13.2. The fourth-order valence-corrected chi connectivity index (χ4v) is 1.53. The van der Waals surface area contributed by atoms with Crippen LogP contribution in [0.5, 0.6) is 0 Å². The van der Waals surface area contributed by atoms with E-state index in [1.54, 1.807) is 25.1 Å². The van der Waals surface area contributed by atoms with Crippen LogP contribution in [0.2, 0.25) is 5.15 Å². The molecule has 0 amide bonds. The summed E-state index contributed by atoms with van der Waals surface area (Å²) in [7, 11) is 0. The molecule has 0 spiro atoms. The highest BCUT2D eigenvalue weighted by Gasteiger charge is 2.06. The second kappa shape index (κ2) is 4.37. The summed E-state index contributed by atoms with van der Waals surface area (Å²) in [6, 6.07) is 1.65. The molecule has 2 rings (SSSR count). The summed E-state index contributed by atoms with van der Waals surface area (Å²) in [6.07, 6.45) is 7.22. The highest BCUT2D eigenvalue weighted by molar-refractivity contribution is 6.29. The number of hydrogen-bond acceptors (Lipinski definition) is 4. The summed E-state index contributed by atoms with van der Waals surface area (Å²) < 4.78 is 0. The number of aliphatic hydroxyl groups excluding tert-OH is 1. The van der Waals surface area contributed by atoms with Crippen LogP contribution in [0, 0.1) is 6.92 Å². The maximum atomic E-state index is 9.73. The first-order valence-corrected chi connectivity index (χ1v) is 5.09. The van der Waals surface area contributed by atoms with Gasteiger partial charge < -0.3 is 5.11 Å². The van der Waals surface area contributed by atoms with Crippen molar-refractivity contribution in [1.29, 1.82) is 0 Å². The van der Waals surface area contributed by atoms with Crippen molar-refractivity contribution in [2.24, 2.45) is 0 Å². The number of rotatable bonds is 2. The van der Waals surface area contributed by atoms with Crippen molar-refractivity contribution in [3.63, 3.8) is 0 Å². The van der Waals surface area contributed by atoms with Gasteiger partial charge >= 0.3 is 0 Å². The zero-order valence-corrected chi connectivity index (χ0v) is 9.36. The standard InChI is InChI=1S/C11H10ClN3O/c1-7-6-9(12)14-11(13-7)15-10(16)8-4-2-3-5-8/h2-6,16H,1H3,(H,13,14,15). The number of hydrogen-bond donors (Lipinski definition) is 2. The number of halogens is 1. The van der Waals surface area contributed by atoms with E-state index in [0.29, 0.717) is 10.7 Å². The number of nitrogens with zero attached hydrogens (tertiary/aromatic N) is 2. The Balaban J connectivity index is 2.24. The molecular weight excluding hydrogens is 226 g/mol. The van der Waals surface area contributed by atoms with Crippen LogP contribution < -0.4 is 5.32 Å². The zero-order valence-electron chi connectivity index (χ0n) is 8.61. The van der Waals surface area contributed by atoms with Crippen LogP contribution in [0.15, 0.2) is 41.8 Å². The highest BCUT2D eigenvalue weighted by atomic mass is 35.5. The molecule has 16 heavy (non-hydrogen) atoms.